The second kappa shape index (κ2) is 6.47. The normalized spacial score (nSPS) is 12.3. The van der Waals surface area contributed by atoms with Gasteiger partial charge in [0.2, 0.25) is 5.91 Å². The lowest BCUT2D eigenvalue weighted by Crippen LogP contribution is -2.34. The second-order valence-corrected chi connectivity index (χ2v) is 7.27. The van der Waals surface area contributed by atoms with E-state index >= 15 is 0 Å². The van der Waals surface area contributed by atoms with E-state index in [2.05, 4.69) is 27.3 Å². The molecule has 0 aromatic carbocycles. The number of hydrogen-bond acceptors (Lipinski definition) is 4. The Morgan fingerprint density at radius 1 is 1.44 bits per heavy atom. The molecule has 96 valence electrons. The molecule has 0 aliphatic carbocycles. The van der Waals surface area contributed by atoms with Crippen molar-refractivity contribution in [3.8, 4) is 0 Å². The highest BCUT2D eigenvalue weighted by Crippen LogP contribution is 2.22. The number of amides is 1. The van der Waals surface area contributed by atoms with Crippen LogP contribution in [-0.4, -0.2) is 12.5 Å². The zero-order chi connectivity index (χ0) is 13.0. The fraction of sp³-hybridized carbons (Fsp3) is 0.250. The molecule has 6 heteroatoms. The van der Waals surface area contributed by atoms with E-state index in [9.17, 15) is 4.79 Å². The molecule has 1 atom stereocenters. The monoisotopic (exact) mass is 344 g/mol. The van der Waals surface area contributed by atoms with Gasteiger partial charge in [-0.2, -0.15) is 0 Å². The summed E-state index contributed by atoms with van der Waals surface area (Å²) in [7, 11) is 0. The summed E-state index contributed by atoms with van der Waals surface area (Å²) in [6.45, 7) is 0.616. The lowest BCUT2D eigenvalue weighted by atomic mass is 10.2. The van der Waals surface area contributed by atoms with Gasteiger partial charge in [-0.25, -0.2) is 0 Å². The van der Waals surface area contributed by atoms with Crippen molar-refractivity contribution >= 4 is 44.5 Å². The molecule has 0 saturated carbocycles. The van der Waals surface area contributed by atoms with Gasteiger partial charge in [-0.1, -0.05) is 6.07 Å². The third-order valence-electron chi connectivity index (χ3n) is 2.43. The van der Waals surface area contributed by atoms with Gasteiger partial charge in [0.05, 0.1) is 3.79 Å². The van der Waals surface area contributed by atoms with Crippen molar-refractivity contribution in [2.75, 3.05) is 6.54 Å². The predicted molar refractivity (Wildman–Crippen MR) is 80.0 cm³/mol. The van der Waals surface area contributed by atoms with Crippen molar-refractivity contribution in [1.82, 2.24) is 5.32 Å². The zero-order valence-corrected chi connectivity index (χ0v) is 12.8. The number of carbonyl (C=O) groups excluding carboxylic acids is 1. The molecule has 3 N–H and O–H groups in total. The third-order valence-corrected chi connectivity index (χ3v) is 5.07. The highest BCUT2D eigenvalue weighted by Gasteiger charge is 2.15. The third kappa shape index (κ3) is 3.65. The van der Waals surface area contributed by atoms with Crippen LogP contribution in [0, 0.1) is 0 Å². The molecule has 1 amide bonds. The summed E-state index contributed by atoms with van der Waals surface area (Å²) in [6, 6.07) is 7.29. The average Bonchev–Trinajstić information content (AvgIpc) is 2.99. The molecule has 18 heavy (non-hydrogen) atoms. The minimum atomic E-state index is -0.555. The van der Waals surface area contributed by atoms with Crippen LogP contribution in [0.4, 0.5) is 0 Å². The van der Waals surface area contributed by atoms with Crippen LogP contribution in [0.1, 0.15) is 15.8 Å². The van der Waals surface area contributed by atoms with Gasteiger partial charge in [0.25, 0.3) is 0 Å². The topological polar surface area (TPSA) is 55.1 Å². The van der Waals surface area contributed by atoms with E-state index in [1.165, 1.54) is 16.2 Å². The number of thiophene rings is 2. The van der Waals surface area contributed by atoms with E-state index in [4.69, 9.17) is 5.73 Å². The van der Waals surface area contributed by atoms with E-state index in [0.29, 0.717) is 6.54 Å². The van der Waals surface area contributed by atoms with Crippen LogP contribution in [0.5, 0.6) is 0 Å². The highest BCUT2D eigenvalue weighted by atomic mass is 79.9. The van der Waals surface area contributed by atoms with Crippen molar-refractivity contribution in [3.05, 3.63) is 43.2 Å². The lowest BCUT2D eigenvalue weighted by molar-refractivity contribution is -0.122. The Balaban J connectivity index is 1.78. The molecule has 0 aliphatic rings. The number of nitrogens with two attached hydrogens (primary N) is 1. The van der Waals surface area contributed by atoms with Gasteiger partial charge in [0.1, 0.15) is 6.04 Å². The summed E-state index contributed by atoms with van der Waals surface area (Å²) in [5, 5.41) is 4.78. The Morgan fingerprint density at radius 3 is 2.89 bits per heavy atom. The van der Waals surface area contributed by atoms with Gasteiger partial charge in [-0.05, 0) is 45.9 Å². The van der Waals surface area contributed by atoms with Crippen LogP contribution in [-0.2, 0) is 11.2 Å². The van der Waals surface area contributed by atoms with Crippen LogP contribution in [0.2, 0.25) is 0 Å². The molecule has 0 fully saturated rings. The minimum absolute atomic E-state index is 0.118. The van der Waals surface area contributed by atoms with E-state index < -0.39 is 6.04 Å². The van der Waals surface area contributed by atoms with Crippen LogP contribution in [0.25, 0.3) is 0 Å². The number of hydrogen-bond donors (Lipinski definition) is 2. The first kappa shape index (κ1) is 13.7. The summed E-state index contributed by atoms with van der Waals surface area (Å²) in [6.07, 6.45) is 0.833. The molecule has 0 radical (unpaired) electrons. The summed E-state index contributed by atoms with van der Waals surface area (Å²) >= 11 is 6.60. The van der Waals surface area contributed by atoms with Crippen LogP contribution >= 0.6 is 38.6 Å². The van der Waals surface area contributed by atoms with Crippen molar-refractivity contribution < 1.29 is 4.79 Å². The van der Waals surface area contributed by atoms with Gasteiger partial charge < -0.3 is 11.1 Å². The SMILES string of the molecule is NC(C(=O)NCCc1ccc(Br)s1)c1cccs1. The molecule has 0 spiro atoms. The minimum Gasteiger partial charge on any atom is -0.354 e. The lowest BCUT2D eigenvalue weighted by Gasteiger charge is -2.10. The van der Waals surface area contributed by atoms with Gasteiger partial charge in [-0.15, -0.1) is 22.7 Å². The smallest absolute Gasteiger partial charge is 0.242 e. The summed E-state index contributed by atoms with van der Waals surface area (Å²) in [4.78, 5) is 13.9. The maximum absolute atomic E-state index is 11.8. The van der Waals surface area contributed by atoms with Gasteiger partial charge in [0.15, 0.2) is 0 Å². The van der Waals surface area contributed by atoms with Gasteiger partial charge in [-0.3, -0.25) is 4.79 Å². The highest BCUT2D eigenvalue weighted by molar-refractivity contribution is 9.11. The molecule has 0 bridgehead atoms. The van der Waals surface area contributed by atoms with Gasteiger partial charge in [0, 0.05) is 16.3 Å². The number of halogens is 1. The zero-order valence-electron chi connectivity index (χ0n) is 9.56. The first-order valence-electron chi connectivity index (χ1n) is 5.47. The number of nitrogens with one attached hydrogen (secondary N) is 1. The molecule has 2 aromatic heterocycles. The molecule has 1 unspecified atom stereocenters. The molecule has 0 saturated heterocycles. The molecular formula is C12H13BrN2OS2. The second-order valence-electron chi connectivity index (χ2n) is 3.74. The quantitative estimate of drug-likeness (QED) is 0.875. The van der Waals surface area contributed by atoms with Crippen LogP contribution < -0.4 is 11.1 Å². The average molecular weight is 345 g/mol. The van der Waals surface area contributed by atoms with E-state index in [-0.39, 0.29) is 5.91 Å². The first-order valence-corrected chi connectivity index (χ1v) is 7.96. The molecule has 2 rings (SSSR count). The molecule has 2 aromatic rings. The fourth-order valence-corrected chi connectivity index (χ4v) is 3.71. The standard InChI is InChI=1S/C12H13BrN2OS2/c13-10-4-3-8(18-10)5-6-15-12(16)11(14)9-2-1-7-17-9/h1-4,7,11H,5-6,14H2,(H,15,16). The van der Waals surface area contributed by atoms with Crippen molar-refractivity contribution in [2.45, 2.75) is 12.5 Å². The number of carbonyl (C=O) groups is 1. The molecular weight excluding hydrogens is 332 g/mol. The first-order chi connectivity index (χ1) is 8.66. The largest absolute Gasteiger partial charge is 0.354 e. The predicted octanol–water partition coefficient (Wildman–Crippen LogP) is 2.93. The maximum atomic E-state index is 11.8. The van der Waals surface area contributed by atoms with Gasteiger partial charge >= 0.3 is 0 Å². The summed E-state index contributed by atoms with van der Waals surface area (Å²) in [5.41, 5.74) is 5.86. The Bertz CT molecular complexity index is 510. The Hall–Kier alpha value is -0.690. The molecule has 2 heterocycles. The van der Waals surface area contributed by atoms with Crippen molar-refractivity contribution in [3.63, 3.8) is 0 Å². The van der Waals surface area contributed by atoms with Crippen molar-refractivity contribution in [1.29, 1.82) is 0 Å². The summed E-state index contributed by atoms with van der Waals surface area (Å²) < 4.78 is 1.11. The van der Waals surface area contributed by atoms with Crippen LogP contribution in [0.3, 0.4) is 0 Å². The van der Waals surface area contributed by atoms with E-state index in [1.54, 1.807) is 11.3 Å². The van der Waals surface area contributed by atoms with E-state index in [0.717, 1.165) is 15.1 Å². The Kier molecular flexibility index (Phi) is 4.94. The van der Waals surface area contributed by atoms with Crippen LogP contribution in [0.15, 0.2) is 33.4 Å². The fourth-order valence-electron chi connectivity index (χ4n) is 1.50. The summed E-state index contributed by atoms with van der Waals surface area (Å²) in [5.74, 6) is -0.118. The van der Waals surface area contributed by atoms with Crippen molar-refractivity contribution in [2.24, 2.45) is 5.73 Å². The Morgan fingerprint density at radius 2 is 2.28 bits per heavy atom. The number of rotatable bonds is 5. The molecule has 0 aliphatic heterocycles. The molecule has 3 nitrogen and oxygen atoms in total. The Labute approximate surface area is 122 Å². The van der Waals surface area contributed by atoms with E-state index in [1.807, 2.05) is 23.6 Å². The maximum Gasteiger partial charge on any atom is 0.242 e.